The highest BCUT2D eigenvalue weighted by Gasteiger charge is 2.31. The zero-order valence-corrected chi connectivity index (χ0v) is 83.8. The Bertz CT molecular complexity index is 3420. The first-order valence-electron chi connectivity index (χ1n) is 43.3. The number of hydrogen-bond acceptors (Lipinski definition) is 32. The average Bonchev–Trinajstić information content (AvgIpc) is 0.844. The van der Waals surface area contributed by atoms with E-state index in [1.165, 1.54) is 0 Å². The fourth-order valence-electron chi connectivity index (χ4n) is 13.1. The van der Waals surface area contributed by atoms with Gasteiger partial charge < -0.3 is 72.7 Å². The Balaban J connectivity index is 0. The Labute approximate surface area is 747 Å². The zero-order valence-electron chi connectivity index (χ0n) is 78.0. The van der Waals surface area contributed by atoms with Crippen LogP contribution < -0.4 is 0 Å². The number of nitrogens with zero attached hydrogens (tertiary/aromatic N) is 12. The third kappa shape index (κ3) is 80.0. The van der Waals surface area contributed by atoms with Crippen molar-refractivity contribution in [3.63, 3.8) is 0 Å². The van der Waals surface area contributed by atoms with Gasteiger partial charge in [-0.15, -0.1) is 0 Å². The highest BCUT2D eigenvalue weighted by Crippen LogP contribution is 2.35. The lowest BCUT2D eigenvalue weighted by Gasteiger charge is -2.43. The summed E-state index contributed by atoms with van der Waals surface area (Å²) in [4.78, 5) is 53.6. The Morgan fingerprint density at radius 3 is 0.806 bits per heavy atom. The first-order valence-corrected chi connectivity index (χ1v) is 54.7. The van der Waals surface area contributed by atoms with E-state index in [0.717, 1.165) is 104 Å². The summed E-state index contributed by atoms with van der Waals surface area (Å²) in [6.07, 6.45) is 7.86. The van der Waals surface area contributed by atoms with Gasteiger partial charge in [0.05, 0.1) is 123 Å². The molecule has 4 fully saturated rings. The van der Waals surface area contributed by atoms with Gasteiger partial charge in [-0.3, -0.25) is 66.1 Å². The number of likely N-dealkylation sites (N-methyl/N-ethyl adjacent to an activating group) is 3. The maximum atomic E-state index is 11.0. The van der Waals surface area contributed by atoms with Crippen molar-refractivity contribution >= 4 is 74.3 Å². The van der Waals surface area contributed by atoms with Crippen LogP contribution in [0.4, 0.5) is 0 Å². The summed E-state index contributed by atoms with van der Waals surface area (Å²) >= 11 is 0. The predicted molar refractivity (Wildman–Crippen MR) is 486 cm³/mol. The monoisotopic (exact) mass is 1940 g/mol. The smallest absolute Gasteiger partial charge is 0.325 e. The van der Waals surface area contributed by atoms with Gasteiger partial charge in [0.15, 0.2) is 0 Å². The molecule has 4 aliphatic heterocycles. The number of likely N-dealkylation sites (tertiary alicyclic amines) is 4. The first kappa shape index (κ1) is 124. The van der Waals surface area contributed by atoms with E-state index < -0.39 is 74.3 Å². The van der Waals surface area contributed by atoms with Crippen molar-refractivity contribution < 1.29 is 130 Å². The van der Waals surface area contributed by atoms with Crippen LogP contribution in [0.25, 0.3) is 0 Å². The molecule has 124 heavy (non-hydrogen) atoms. The molecule has 0 aliphatic carbocycles. The molecule has 4 saturated heterocycles. The molecule has 0 aromatic heterocycles. The van der Waals surface area contributed by atoms with E-state index in [4.69, 9.17) is 70.6 Å². The minimum Gasteiger partial charge on any atom is -0.481 e. The van der Waals surface area contributed by atoms with Crippen LogP contribution in [0.3, 0.4) is 0 Å². The van der Waals surface area contributed by atoms with Crippen LogP contribution in [0.2, 0.25) is 0 Å². The molecule has 48 heteroatoms. The van der Waals surface area contributed by atoms with E-state index in [2.05, 4.69) is 60.3 Å². The van der Waals surface area contributed by atoms with Crippen LogP contribution in [-0.2, 0) is 98.5 Å². The lowest BCUT2D eigenvalue weighted by Crippen LogP contribution is -2.59. The van der Waals surface area contributed by atoms with E-state index in [0.29, 0.717) is 155 Å². The summed E-state index contributed by atoms with van der Waals surface area (Å²) < 4.78 is 227. The molecule has 4 rings (SSSR count). The van der Waals surface area contributed by atoms with Crippen molar-refractivity contribution in [1.82, 2.24) is 58.8 Å². The highest BCUT2D eigenvalue weighted by atomic mass is 32.2. The maximum Gasteiger partial charge on any atom is 0.325 e. The van der Waals surface area contributed by atoms with Gasteiger partial charge in [0.2, 0.25) is 0 Å². The third-order valence-corrected chi connectivity index (χ3v) is 25.5. The van der Waals surface area contributed by atoms with Gasteiger partial charge in [0.1, 0.15) is 0 Å². The summed E-state index contributed by atoms with van der Waals surface area (Å²) in [7, 11) is -15.7. The molecule has 0 spiro atoms. The molecule has 9 N–H and O–H groups in total. The van der Waals surface area contributed by atoms with E-state index in [1.807, 2.05) is 112 Å². The van der Waals surface area contributed by atoms with Gasteiger partial charge in [0, 0.05) is 149 Å². The third-order valence-electron chi connectivity index (χ3n) is 20.4. The van der Waals surface area contributed by atoms with Crippen molar-refractivity contribution in [3.05, 3.63) is 0 Å². The molecule has 0 unspecified atom stereocenters. The second-order valence-corrected chi connectivity index (χ2v) is 45.2. The molecule has 4 heterocycles. The van der Waals surface area contributed by atoms with Crippen molar-refractivity contribution in [2.24, 2.45) is 0 Å². The predicted octanol–water partition coefficient (Wildman–Crippen LogP) is 2.11. The Kier molecular flexibility index (Phi) is 66.9. The first-order chi connectivity index (χ1) is 57.1. The summed E-state index contributed by atoms with van der Waals surface area (Å²) in [6, 6.07) is 1.63. The molecule has 0 amide bonds. The molecule has 41 nitrogen and oxygen atoms in total. The molecule has 0 atom stereocenters. The van der Waals surface area contributed by atoms with E-state index in [9.17, 15) is 59.9 Å². The van der Waals surface area contributed by atoms with Gasteiger partial charge in [-0.1, -0.05) is 0 Å². The summed E-state index contributed by atoms with van der Waals surface area (Å²) in [5.74, 6) is -2.53. The second kappa shape index (κ2) is 66.7. The maximum absolute atomic E-state index is 11.0. The van der Waals surface area contributed by atoms with Crippen LogP contribution in [-0.4, -0.2) is 511 Å². The molecule has 0 saturated carbocycles. The lowest BCUT2D eigenvalue weighted by atomic mass is 10.0. The number of rotatable bonds is 59. The van der Waals surface area contributed by atoms with Gasteiger partial charge in [-0.25, -0.2) is 0 Å². The number of hydrogen-bond donors (Lipinski definition) is 9. The molecule has 0 aromatic carbocycles. The summed E-state index contributed by atoms with van der Waals surface area (Å²) in [5.41, 5.74) is 0. The van der Waals surface area contributed by atoms with E-state index in [1.54, 1.807) is 11.9 Å². The van der Waals surface area contributed by atoms with Crippen LogP contribution in [0.15, 0.2) is 0 Å². The average molecular weight is 1940 g/mol. The zero-order chi connectivity index (χ0) is 95.3. The fraction of sp³-hybridized carbons (Fsp3) is 0.987. The van der Waals surface area contributed by atoms with Crippen LogP contribution >= 0.6 is 7.60 Å². The van der Waals surface area contributed by atoms with E-state index >= 15 is 0 Å². The van der Waals surface area contributed by atoms with Crippen LogP contribution in [0.5, 0.6) is 0 Å². The molecular weight excluding hydrogens is 1770 g/mol. The second-order valence-electron chi connectivity index (χ2n) is 34.0. The largest absolute Gasteiger partial charge is 0.481 e. The van der Waals surface area contributed by atoms with Gasteiger partial charge in [-0.05, 0) is 216 Å². The van der Waals surface area contributed by atoms with Crippen LogP contribution in [0.1, 0.15) is 134 Å². The summed E-state index contributed by atoms with van der Waals surface area (Å²) in [5, 5.41) is 8.63. The fourth-order valence-corrected chi connectivity index (χ4v) is 16.6. The summed E-state index contributed by atoms with van der Waals surface area (Å²) in [6.45, 7) is 44.1. The topological polar surface area (TPSA) is 515 Å². The SMILES string of the molecule is CC(C)OCCN(CCCP(=O)(O)O)C1CCN(C)CC1.CC(C)OCCN(CCN(C)CCC(=O)O)CCS(=O)(=O)O.CC(C)OCCN(CCN(C)CCS(=O)(=O)O)CCS(=O)(=O)O.CC(C)OCCN(CCS(=O)(=O)O)C1CCN(C)CC1.CC(C)OCCN(CCS(=O)(=O)O)C1CCN(C)CC1.CC(C)OCCN(CCS(=O)(=O)O)C1CN(C)C1. The van der Waals surface area contributed by atoms with Gasteiger partial charge >= 0.3 is 13.6 Å². The van der Waals surface area contributed by atoms with Crippen molar-refractivity contribution in [3.8, 4) is 0 Å². The Morgan fingerprint density at radius 1 is 0.331 bits per heavy atom. The minimum absolute atomic E-state index is 0.0266. The van der Waals surface area contributed by atoms with Gasteiger partial charge in [0.25, 0.3) is 60.7 Å². The minimum atomic E-state index is -4.04. The van der Waals surface area contributed by atoms with Crippen molar-refractivity contribution in [1.29, 1.82) is 0 Å². The number of piperidine rings is 3. The molecule has 746 valence electrons. The Hall–Kier alpha value is -1.64. The standard InChI is InChI=1S/C14H31N2O4P.C13H28N2O6S.2C13H28N2O4S.C12H28N2O7S2.C11H24N2O4S/c1-13(2)20-11-10-16(7-4-12-21(17,18)19)14-5-8-15(3)9-6-14;1-12(2)21-10-8-15(9-11-22(18,19)20)7-6-14(3)5-4-13(16)17;2*1-12(2)19-10-8-15(9-11-20(16,17)18)13-4-6-14(3)7-5-13;1-12(2)21-9-6-14(8-11-23(18,19)20)5-4-13(3)7-10-22(15,16)17;1-10(2)17-6-4-13(5-7-18(14,15)16)11-8-12(3)9-11/h13-14H,4-12H2,1-3H3,(H2,17,18,19);12H,4-11H2,1-3H3,(H,16,17)(H,18,19,20);2*12-13H,4-11H2,1-3H3,(H,16,17,18);12H,4-11H2,1-3H3,(H,15,16,17)(H,18,19,20);10-11H,4-9H2,1-3H3,(H,14,15,16). The number of carboxylic acids is 1. The number of carboxylic acid groups (broad SMARTS) is 1. The molecule has 0 bridgehead atoms. The number of aliphatic carboxylic acids is 1. The molecular formula is C76H167N12O29PS6. The lowest BCUT2D eigenvalue weighted by molar-refractivity contribution is -0.137. The molecule has 0 aromatic rings. The number of carbonyl (C=O) groups is 1. The number of ether oxygens (including phenoxy) is 6. The molecule has 0 radical (unpaired) electrons. The van der Waals surface area contributed by atoms with Crippen molar-refractivity contribution in [2.75, 3.05) is 293 Å². The normalized spacial score (nSPS) is 16.7. The van der Waals surface area contributed by atoms with Crippen molar-refractivity contribution in [2.45, 2.75) is 195 Å². The van der Waals surface area contributed by atoms with Crippen LogP contribution in [0, 0.1) is 0 Å². The quantitative estimate of drug-likeness (QED) is 0.0311. The highest BCUT2D eigenvalue weighted by molar-refractivity contribution is 7.87. The Morgan fingerprint density at radius 2 is 0.565 bits per heavy atom. The van der Waals surface area contributed by atoms with E-state index in [-0.39, 0.29) is 103 Å². The van der Waals surface area contributed by atoms with Gasteiger partial charge in [-0.2, -0.15) is 50.5 Å². The molecule has 4 aliphatic rings.